The van der Waals surface area contributed by atoms with E-state index in [1.54, 1.807) is 25.2 Å². The molecule has 0 saturated heterocycles. The van der Waals surface area contributed by atoms with Crippen LogP contribution < -0.4 is 15.4 Å². The topological polar surface area (TPSA) is 83.2 Å². The van der Waals surface area contributed by atoms with Gasteiger partial charge in [-0.1, -0.05) is 18.2 Å². The molecule has 0 aliphatic heterocycles. The van der Waals surface area contributed by atoms with Gasteiger partial charge in [-0.3, -0.25) is 9.59 Å². The van der Waals surface area contributed by atoms with E-state index in [1.165, 1.54) is 7.11 Å². The van der Waals surface area contributed by atoms with E-state index in [2.05, 4.69) is 15.6 Å². The molecular formula is C20H21N3O3. The fraction of sp³-hybridized carbons (Fsp3) is 0.200. The number of carbonyl (C=O) groups excluding carboxylic acids is 2. The third kappa shape index (κ3) is 3.69. The minimum Gasteiger partial charge on any atom is -0.495 e. The van der Waals surface area contributed by atoms with Crippen LogP contribution in [0.3, 0.4) is 0 Å². The third-order valence-corrected chi connectivity index (χ3v) is 4.26. The van der Waals surface area contributed by atoms with E-state index in [4.69, 9.17) is 4.74 Å². The summed E-state index contributed by atoms with van der Waals surface area (Å²) in [4.78, 5) is 27.4. The van der Waals surface area contributed by atoms with Gasteiger partial charge >= 0.3 is 0 Å². The molecule has 0 atom stereocenters. The first kappa shape index (κ1) is 17.5. The summed E-state index contributed by atoms with van der Waals surface area (Å²) in [5, 5.41) is 6.53. The molecular weight excluding hydrogens is 330 g/mol. The van der Waals surface area contributed by atoms with Gasteiger partial charge in [-0.05, 0) is 36.2 Å². The van der Waals surface area contributed by atoms with E-state index in [0.717, 1.165) is 16.5 Å². The number of rotatable bonds is 6. The van der Waals surface area contributed by atoms with E-state index < -0.39 is 0 Å². The predicted molar refractivity (Wildman–Crippen MR) is 102 cm³/mol. The van der Waals surface area contributed by atoms with Crippen molar-refractivity contribution in [1.82, 2.24) is 10.3 Å². The number of ether oxygens (including phenoxy) is 1. The van der Waals surface area contributed by atoms with Gasteiger partial charge in [0, 0.05) is 36.1 Å². The van der Waals surface area contributed by atoms with Crippen LogP contribution in [0.15, 0.2) is 48.7 Å². The average Bonchev–Trinajstić information content (AvgIpc) is 3.09. The number of aromatic amines is 1. The van der Waals surface area contributed by atoms with Crippen LogP contribution in [-0.4, -0.2) is 31.0 Å². The van der Waals surface area contributed by atoms with Crippen LogP contribution in [0, 0.1) is 0 Å². The lowest BCUT2D eigenvalue weighted by molar-refractivity contribution is -0.116. The van der Waals surface area contributed by atoms with Crippen molar-refractivity contribution in [2.75, 3.05) is 19.5 Å². The van der Waals surface area contributed by atoms with E-state index in [-0.39, 0.29) is 11.8 Å². The number of benzene rings is 2. The Morgan fingerprint density at radius 2 is 1.96 bits per heavy atom. The Morgan fingerprint density at radius 1 is 1.15 bits per heavy atom. The molecule has 1 aromatic heterocycles. The summed E-state index contributed by atoms with van der Waals surface area (Å²) in [6.45, 7) is 0. The Morgan fingerprint density at radius 3 is 2.73 bits per heavy atom. The minimum atomic E-state index is -0.220. The SMILES string of the molecule is CNC(=O)c1ccc(OC)c(NC(=O)CCc2c[nH]c3ccccc23)c1. The fourth-order valence-corrected chi connectivity index (χ4v) is 2.89. The van der Waals surface area contributed by atoms with Gasteiger partial charge in [-0.25, -0.2) is 0 Å². The van der Waals surface area contributed by atoms with Gasteiger partial charge in [0.05, 0.1) is 12.8 Å². The molecule has 0 spiro atoms. The molecule has 0 saturated carbocycles. The van der Waals surface area contributed by atoms with Crippen LogP contribution in [0.1, 0.15) is 22.3 Å². The zero-order valence-electron chi connectivity index (χ0n) is 14.8. The molecule has 2 amide bonds. The van der Waals surface area contributed by atoms with Crippen molar-refractivity contribution < 1.29 is 14.3 Å². The number of fused-ring (bicyclic) bond motifs is 1. The highest BCUT2D eigenvalue weighted by atomic mass is 16.5. The molecule has 0 unspecified atom stereocenters. The van der Waals surface area contributed by atoms with Crippen molar-refractivity contribution in [1.29, 1.82) is 0 Å². The van der Waals surface area contributed by atoms with Crippen LogP contribution in [0.25, 0.3) is 10.9 Å². The molecule has 0 fully saturated rings. The first-order valence-corrected chi connectivity index (χ1v) is 8.37. The van der Waals surface area contributed by atoms with Gasteiger partial charge in [-0.15, -0.1) is 0 Å². The van der Waals surface area contributed by atoms with E-state index in [0.29, 0.717) is 29.8 Å². The number of carbonyl (C=O) groups is 2. The van der Waals surface area contributed by atoms with Crippen LogP contribution in [0.2, 0.25) is 0 Å². The number of hydrogen-bond acceptors (Lipinski definition) is 3. The molecule has 3 rings (SSSR count). The summed E-state index contributed by atoms with van der Waals surface area (Å²) in [5.74, 6) is 0.155. The summed E-state index contributed by atoms with van der Waals surface area (Å²) < 4.78 is 5.27. The molecule has 1 heterocycles. The quantitative estimate of drug-likeness (QED) is 0.638. The van der Waals surface area contributed by atoms with Gasteiger partial charge in [0.15, 0.2) is 0 Å². The monoisotopic (exact) mass is 351 g/mol. The molecule has 2 aromatic carbocycles. The number of nitrogens with one attached hydrogen (secondary N) is 3. The van der Waals surface area contributed by atoms with Crippen LogP contribution >= 0.6 is 0 Å². The molecule has 0 radical (unpaired) electrons. The molecule has 134 valence electrons. The van der Waals surface area contributed by atoms with Crippen molar-refractivity contribution in [3.63, 3.8) is 0 Å². The van der Waals surface area contributed by atoms with Crippen molar-refractivity contribution in [3.05, 3.63) is 59.8 Å². The number of amides is 2. The van der Waals surface area contributed by atoms with Crippen LogP contribution in [-0.2, 0) is 11.2 Å². The number of aromatic nitrogens is 1. The maximum atomic E-state index is 12.4. The fourth-order valence-electron chi connectivity index (χ4n) is 2.89. The number of hydrogen-bond donors (Lipinski definition) is 3. The average molecular weight is 351 g/mol. The van der Waals surface area contributed by atoms with Crippen molar-refractivity contribution in [2.45, 2.75) is 12.8 Å². The minimum absolute atomic E-state index is 0.136. The summed E-state index contributed by atoms with van der Waals surface area (Å²) in [7, 11) is 3.09. The standard InChI is InChI=1S/C20H21N3O3/c1-21-20(25)13-7-9-18(26-2)17(11-13)23-19(24)10-8-14-12-22-16-6-4-3-5-15(14)16/h3-7,9,11-12,22H,8,10H2,1-2H3,(H,21,25)(H,23,24). The lowest BCUT2D eigenvalue weighted by Crippen LogP contribution is -2.19. The largest absolute Gasteiger partial charge is 0.495 e. The van der Waals surface area contributed by atoms with Gasteiger partial charge in [-0.2, -0.15) is 0 Å². The summed E-state index contributed by atoms with van der Waals surface area (Å²) >= 11 is 0. The predicted octanol–water partition coefficient (Wildman–Crippen LogP) is 3.11. The normalized spacial score (nSPS) is 10.5. The summed E-state index contributed by atoms with van der Waals surface area (Å²) in [6.07, 6.45) is 2.88. The van der Waals surface area contributed by atoms with E-state index >= 15 is 0 Å². The van der Waals surface area contributed by atoms with Crippen LogP contribution in [0.4, 0.5) is 5.69 Å². The maximum Gasteiger partial charge on any atom is 0.251 e. The first-order chi connectivity index (χ1) is 12.6. The number of methoxy groups -OCH3 is 1. The highest BCUT2D eigenvalue weighted by molar-refractivity contribution is 5.98. The molecule has 26 heavy (non-hydrogen) atoms. The second-order valence-corrected chi connectivity index (χ2v) is 5.90. The van der Waals surface area contributed by atoms with Gasteiger partial charge in [0.2, 0.25) is 5.91 Å². The molecule has 0 aliphatic carbocycles. The zero-order valence-corrected chi connectivity index (χ0v) is 14.8. The molecule has 6 heteroatoms. The lowest BCUT2D eigenvalue weighted by atomic mass is 10.1. The van der Waals surface area contributed by atoms with Crippen molar-refractivity contribution in [2.24, 2.45) is 0 Å². The zero-order chi connectivity index (χ0) is 18.5. The van der Waals surface area contributed by atoms with Crippen LogP contribution in [0.5, 0.6) is 5.75 Å². The van der Waals surface area contributed by atoms with E-state index in [1.807, 2.05) is 30.5 Å². The Balaban J connectivity index is 1.70. The molecule has 3 N–H and O–H groups in total. The maximum absolute atomic E-state index is 12.4. The molecule has 3 aromatic rings. The summed E-state index contributed by atoms with van der Waals surface area (Å²) in [5.41, 5.74) is 3.10. The lowest BCUT2D eigenvalue weighted by Gasteiger charge is -2.11. The van der Waals surface area contributed by atoms with Gasteiger partial charge in [0.25, 0.3) is 5.91 Å². The third-order valence-electron chi connectivity index (χ3n) is 4.26. The van der Waals surface area contributed by atoms with E-state index in [9.17, 15) is 9.59 Å². The highest BCUT2D eigenvalue weighted by Crippen LogP contribution is 2.26. The van der Waals surface area contributed by atoms with Crippen molar-refractivity contribution >= 4 is 28.4 Å². The molecule has 0 aliphatic rings. The second-order valence-electron chi connectivity index (χ2n) is 5.90. The smallest absolute Gasteiger partial charge is 0.251 e. The molecule has 6 nitrogen and oxygen atoms in total. The van der Waals surface area contributed by atoms with Gasteiger partial charge in [0.1, 0.15) is 5.75 Å². The Bertz CT molecular complexity index is 946. The highest BCUT2D eigenvalue weighted by Gasteiger charge is 2.12. The van der Waals surface area contributed by atoms with Crippen molar-refractivity contribution in [3.8, 4) is 5.75 Å². The summed E-state index contributed by atoms with van der Waals surface area (Å²) in [6, 6.07) is 12.9. The Kier molecular flexibility index (Phi) is 5.22. The Hall–Kier alpha value is -3.28. The number of aryl methyl sites for hydroxylation is 1. The van der Waals surface area contributed by atoms with Gasteiger partial charge < -0.3 is 20.4 Å². The Labute approximate surface area is 151 Å². The number of H-pyrrole nitrogens is 1. The number of anilines is 1. The second kappa shape index (κ2) is 7.74. The number of para-hydroxylation sites is 1. The molecule has 0 bridgehead atoms. The first-order valence-electron chi connectivity index (χ1n) is 8.37.